The molecular weight excluding hydrogens is 192 g/mol. The zero-order chi connectivity index (χ0) is 11.3. The summed E-state index contributed by atoms with van der Waals surface area (Å²) >= 11 is 0. The first-order valence-corrected chi connectivity index (χ1v) is 4.58. The summed E-state index contributed by atoms with van der Waals surface area (Å²) in [5.41, 5.74) is 1.71. The molecule has 80 valence electrons. The molecule has 0 aliphatic carbocycles. The van der Waals surface area contributed by atoms with Crippen molar-refractivity contribution in [2.75, 3.05) is 14.2 Å². The molecule has 1 aromatic carbocycles. The minimum Gasteiger partial charge on any atom is -0.496 e. The van der Waals surface area contributed by atoms with Gasteiger partial charge in [-0.3, -0.25) is 0 Å². The van der Waals surface area contributed by atoms with E-state index in [0.717, 1.165) is 16.9 Å². The van der Waals surface area contributed by atoms with Crippen LogP contribution in [0, 0.1) is 0 Å². The number of hydrogen-bond acceptors (Lipinski definition) is 3. The first-order chi connectivity index (χ1) is 7.19. The lowest BCUT2D eigenvalue weighted by atomic mass is 10.1. The van der Waals surface area contributed by atoms with Crippen LogP contribution in [0.1, 0.15) is 12.5 Å². The normalized spacial score (nSPS) is 11.0. The molecule has 0 aliphatic rings. The van der Waals surface area contributed by atoms with Crippen LogP contribution in [0.5, 0.6) is 5.75 Å². The minimum atomic E-state index is -0.363. The molecule has 3 nitrogen and oxygen atoms in total. The molecule has 0 unspecified atom stereocenters. The first-order valence-electron chi connectivity index (χ1n) is 4.58. The number of methoxy groups -OCH3 is 2. The Balaban J connectivity index is 3.05. The Morgan fingerprint density at radius 1 is 1.27 bits per heavy atom. The fraction of sp³-hybridized carbons (Fsp3) is 0.250. The molecule has 0 saturated carbocycles. The van der Waals surface area contributed by atoms with Gasteiger partial charge in [-0.25, -0.2) is 4.79 Å². The van der Waals surface area contributed by atoms with Gasteiger partial charge in [-0.15, -0.1) is 0 Å². The standard InChI is InChI=1S/C12H14O3/c1-9(8-12(13)15-3)10-6-4-5-7-11(10)14-2/h4-8H,1-3H3/b9-8+. The summed E-state index contributed by atoms with van der Waals surface area (Å²) in [7, 11) is 2.96. The van der Waals surface area contributed by atoms with Crippen molar-refractivity contribution in [3.05, 3.63) is 35.9 Å². The van der Waals surface area contributed by atoms with Crippen LogP contribution in [0.3, 0.4) is 0 Å². The number of esters is 1. The number of benzene rings is 1. The van der Waals surface area contributed by atoms with E-state index >= 15 is 0 Å². The van der Waals surface area contributed by atoms with Gasteiger partial charge in [0.25, 0.3) is 0 Å². The number of carbonyl (C=O) groups is 1. The Bertz CT molecular complexity index is 380. The highest BCUT2D eigenvalue weighted by Crippen LogP contribution is 2.24. The van der Waals surface area contributed by atoms with E-state index in [4.69, 9.17) is 4.74 Å². The Kier molecular flexibility index (Phi) is 3.92. The molecule has 1 aromatic rings. The first kappa shape index (κ1) is 11.3. The van der Waals surface area contributed by atoms with Gasteiger partial charge < -0.3 is 9.47 Å². The number of para-hydroxylation sites is 1. The van der Waals surface area contributed by atoms with E-state index in [9.17, 15) is 4.79 Å². The largest absolute Gasteiger partial charge is 0.496 e. The van der Waals surface area contributed by atoms with Gasteiger partial charge in [0.15, 0.2) is 0 Å². The predicted octanol–water partition coefficient (Wildman–Crippen LogP) is 2.27. The van der Waals surface area contributed by atoms with Crippen LogP contribution in [0.4, 0.5) is 0 Å². The lowest BCUT2D eigenvalue weighted by Crippen LogP contribution is -1.97. The summed E-state index contributed by atoms with van der Waals surface area (Å²) < 4.78 is 9.75. The molecule has 0 radical (unpaired) electrons. The topological polar surface area (TPSA) is 35.5 Å². The highest BCUT2D eigenvalue weighted by Gasteiger charge is 2.05. The molecule has 0 spiro atoms. The van der Waals surface area contributed by atoms with Gasteiger partial charge in [0.05, 0.1) is 14.2 Å². The average molecular weight is 206 g/mol. The quantitative estimate of drug-likeness (QED) is 0.562. The third-order valence-corrected chi connectivity index (χ3v) is 2.07. The second-order valence-corrected chi connectivity index (χ2v) is 3.05. The van der Waals surface area contributed by atoms with Crippen molar-refractivity contribution >= 4 is 11.5 Å². The minimum absolute atomic E-state index is 0.363. The molecule has 0 atom stereocenters. The van der Waals surface area contributed by atoms with Crippen LogP contribution in [-0.4, -0.2) is 20.2 Å². The Hall–Kier alpha value is -1.77. The monoisotopic (exact) mass is 206 g/mol. The van der Waals surface area contributed by atoms with Crippen LogP contribution in [0.15, 0.2) is 30.3 Å². The van der Waals surface area contributed by atoms with Crippen molar-refractivity contribution in [3.63, 3.8) is 0 Å². The molecule has 0 aromatic heterocycles. The van der Waals surface area contributed by atoms with Crippen molar-refractivity contribution in [1.29, 1.82) is 0 Å². The number of allylic oxidation sites excluding steroid dienone is 1. The highest BCUT2D eigenvalue weighted by atomic mass is 16.5. The van der Waals surface area contributed by atoms with E-state index in [2.05, 4.69) is 4.74 Å². The van der Waals surface area contributed by atoms with Gasteiger partial charge in [0, 0.05) is 11.6 Å². The maximum Gasteiger partial charge on any atom is 0.330 e. The van der Waals surface area contributed by atoms with Gasteiger partial charge in [-0.2, -0.15) is 0 Å². The Labute approximate surface area is 89.3 Å². The van der Waals surface area contributed by atoms with E-state index < -0.39 is 0 Å². The van der Waals surface area contributed by atoms with Gasteiger partial charge in [-0.05, 0) is 18.6 Å². The summed E-state index contributed by atoms with van der Waals surface area (Å²) in [4.78, 5) is 11.1. The third kappa shape index (κ3) is 2.84. The summed E-state index contributed by atoms with van der Waals surface area (Å²) in [6, 6.07) is 7.53. The van der Waals surface area contributed by atoms with Gasteiger partial charge >= 0.3 is 5.97 Å². The van der Waals surface area contributed by atoms with Crippen LogP contribution < -0.4 is 4.74 Å². The summed E-state index contributed by atoms with van der Waals surface area (Å²) in [6.45, 7) is 1.84. The Morgan fingerprint density at radius 2 is 1.93 bits per heavy atom. The van der Waals surface area contributed by atoms with Crippen molar-refractivity contribution in [2.24, 2.45) is 0 Å². The molecule has 0 heterocycles. The molecule has 0 fully saturated rings. The maximum atomic E-state index is 11.1. The molecule has 3 heteroatoms. The van der Waals surface area contributed by atoms with Crippen LogP contribution in [-0.2, 0) is 9.53 Å². The zero-order valence-electron chi connectivity index (χ0n) is 9.11. The average Bonchev–Trinajstić information content (AvgIpc) is 2.28. The van der Waals surface area contributed by atoms with Crippen molar-refractivity contribution in [2.45, 2.75) is 6.92 Å². The second-order valence-electron chi connectivity index (χ2n) is 3.05. The van der Waals surface area contributed by atoms with E-state index in [1.807, 2.05) is 31.2 Å². The lowest BCUT2D eigenvalue weighted by molar-refractivity contribution is -0.134. The third-order valence-electron chi connectivity index (χ3n) is 2.07. The predicted molar refractivity (Wildman–Crippen MR) is 58.7 cm³/mol. The van der Waals surface area contributed by atoms with E-state index in [1.54, 1.807) is 7.11 Å². The number of rotatable bonds is 3. The maximum absolute atomic E-state index is 11.1. The fourth-order valence-corrected chi connectivity index (χ4v) is 1.28. The van der Waals surface area contributed by atoms with E-state index in [1.165, 1.54) is 13.2 Å². The smallest absolute Gasteiger partial charge is 0.330 e. The molecule has 15 heavy (non-hydrogen) atoms. The van der Waals surface area contributed by atoms with Crippen LogP contribution >= 0.6 is 0 Å². The molecule has 0 amide bonds. The van der Waals surface area contributed by atoms with Gasteiger partial charge in [-0.1, -0.05) is 18.2 Å². The summed E-state index contributed by atoms with van der Waals surface area (Å²) in [5.74, 6) is 0.383. The number of carbonyl (C=O) groups excluding carboxylic acids is 1. The lowest BCUT2D eigenvalue weighted by Gasteiger charge is -2.07. The molecular formula is C12H14O3. The second kappa shape index (κ2) is 5.20. The molecule has 1 rings (SSSR count). The summed E-state index contributed by atoms with van der Waals surface area (Å²) in [5, 5.41) is 0. The van der Waals surface area contributed by atoms with Crippen LogP contribution in [0.25, 0.3) is 5.57 Å². The van der Waals surface area contributed by atoms with Crippen molar-refractivity contribution in [3.8, 4) is 5.75 Å². The molecule has 0 aliphatic heterocycles. The van der Waals surface area contributed by atoms with Gasteiger partial charge in [0.1, 0.15) is 5.75 Å². The molecule has 0 bridgehead atoms. The number of hydrogen-bond donors (Lipinski definition) is 0. The van der Waals surface area contributed by atoms with E-state index in [0.29, 0.717) is 0 Å². The molecule has 0 saturated heterocycles. The SMILES string of the molecule is COC(=O)/C=C(\C)c1ccccc1OC. The van der Waals surface area contributed by atoms with Crippen molar-refractivity contribution < 1.29 is 14.3 Å². The Morgan fingerprint density at radius 3 is 2.53 bits per heavy atom. The fourth-order valence-electron chi connectivity index (χ4n) is 1.28. The molecule has 0 N–H and O–H groups in total. The summed E-state index contributed by atoms with van der Waals surface area (Å²) in [6.07, 6.45) is 1.44. The van der Waals surface area contributed by atoms with Gasteiger partial charge in [0.2, 0.25) is 0 Å². The number of ether oxygens (including phenoxy) is 2. The zero-order valence-corrected chi connectivity index (χ0v) is 9.11. The highest BCUT2D eigenvalue weighted by molar-refractivity contribution is 5.91. The van der Waals surface area contributed by atoms with Crippen LogP contribution in [0.2, 0.25) is 0 Å². The van der Waals surface area contributed by atoms with Crippen molar-refractivity contribution in [1.82, 2.24) is 0 Å². The van der Waals surface area contributed by atoms with E-state index in [-0.39, 0.29) is 5.97 Å².